The first-order valence-corrected chi connectivity index (χ1v) is 9.86. The van der Waals surface area contributed by atoms with Crippen molar-refractivity contribution in [2.45, 2.75) is 19.4 Å². The molecule has 0 saturated carbocycles. The van der Waals surface area contributed by atoms with Gasteiger partial charge in [0.2, 0.25) is 0 Å². The van der Waals surface area contributed by atoms with E-state index in [1.807, 2.05) is 25.9 Å². The highest BCUT2D eigenvalue weighted by Crippen LogP contribution is 2.19. The molecular formula is C15H25N5O3S. The number of amides is 1. The second-order valence-electron chi connectivity index (χ2n) is 6.16. The smallest absolute Gasteiger partial charge is 0.274 e. The second kappa shape index (κ2) is 7.89. The first-order valence-electron chi connectivity index (χ1n) is 8.04. The van der Waals surface area contributed by atoms with Gasteiger partial charge in [0.25, 0.3) is 5.91 Å². The van der Waals surface area contributed by atoms with Crippen LogP contribution in [0.15, 0.2) is 12.4 Å². The Labute approximate surface area is 143 Å². The van der Waals surface area contributed by atoms with Crippen LogP contribution in [-0.2, 0) is 9.84 Å². The number of carbonyl (C=O) groups is 1. The lowest BCUT2D eigenvalue weighted by molar-refractivity contribution is 0.0702. The number of likely N-dealkylation sites (N-methyl/N-ethyl adjacent to an activating group) is 1. The number of hydrogen-bond acceptors (Lipinski definition) is 7. The maximum Gasteiger partial charge on any atom is 0.274 e. The molecule has 0 radical (unpaired) electrons. The van der Waals surface area contributed by atoms with E-state index in [0.717, 1.165) is 13.1 Å². The van der Waals surface area contributed by atoms with E-state index in [1.165, 1.54) is 12.4 Å². The van der Waals surface area contributed by atoms with Gasteiger partial charge >= 0.3 is 0 Å². The number of carbonyl (C=O) groups excluding carboxylic acids is 1. The van der Waals surface area contributed by atoms with E-state index in [0.29, 0.717) is 18.8 Å². The van der Waals surface area contributed by atoms with Crippen molar-refractivity contribution in [2.24, 2.45) is 0 Å². The van der Waals surface area contributed by atoms with E-state index in [9.17, 15) is 13.2 Å². The van der Waals surface area contributed by atoms with E-state index < -0.39 is 9.84 Å². The Morgan fingerprint density at radius 3 is 2.58 bits per heavy atom. The number of sulfone groups is 1. The average Bonchev–Trinajstić information content (AvgIpc) is 2.88. The zero-order valence-corrected chi connectivity index (χ0v) is 15.2. The first-order chi connectivity index (χ1) is 11.3. The summed E-state index contributed by atoms with van der Waals surface area (Å²) in [5.74, 6) is 0.512. The largest absolute Gasteiger partial charge is 0.368 e. The molecular weight excluding hydrogens is 330 g/mol. The van der Waals surface area contributed by atoms with Crippen LogP contribution in [0, 0.1) is 0 Å². The van der Waals surface area contributed by atoms with Gasteiger partial charge in [-0.2, -0.15) is 0 Å². The Morgan fingerprint density at radius 2 is 2.08 bits per heavy atom. The van der Waals surface area contributed by atoms with Gasteiger partial charge in [0.05, 0.1) is 23.9 Å². The summed E-state index contributed by atoms with van der Waals surface area (Å²) in [6.07, 6.45) is 3.45. The molecule has 8 nitrogen and oxygen atoms in total. The van der Waals surface area contributed by atoms with Gasteiger partial charge in [-0.05, 0) is 27.4 Å². The Balaban J connectivity index is 2.00. The fraction of sp³-hybridized carbons (Fsp3) is 0.667. The molecule has 1 atom stereocenters. The lowest BCUT2D eigenvalue weighted by Crippen LogP contribution is -2.41. The monoisotopic (exact) mass is 355 g/mol. The number of rotatable bonds is 7. The van der Waals surface area contributed by atoms with Crippen LogP contribution in [0.25, 0.3) is 0 Å². The zero-order chi connectivity index (χ0) is 17.7. The molecule has 1 unspecified atom stereocenters. The number of anilines is 1. The molecule has 2 rings (SSSR count). The maximum atomic E-state index is 12.6. The maximum absolute atomic E-state index is 12.6. The molecule has 1 aliphatic heterocycles. The fourth-order valence-electron chi connectivity index (χ4n) is 2.67. The highest BCUT2D eigenvalue weighted by Gasteiger charge is 2.34. The molecule has 1 fully saturated rings. The normalized spacial score (nSPS) is 19.4. The summed E-state index contributed by atoms with van der Waals surface area (Å²) in [4.78, 5) is 24.6. The van der Waals surface area contributed by atoms with Crippen molar-refractivity contribution >= 4 is 21.6 Å². The Kier molecular flexibility index (Phi) is 6.11. The third-order valence-corrected chi connectivity index (χ3v) is 5.74. The minimum Gasteiger partial charge on any atom is -0.368 e. The summed E-state index contributed by atoms with van der Waals surface area (Å²) in [6.45, 7) is 3.88. The molecule has 1 aliphatic rings. The molecule has 24 heavy (non-hydrogen) atoms. The Hall–Kier alpha value is -1.74. The lowest BCUT2D eigenvalue weighted by atomic mass is 10.2. The predicted molar refractivity (Wildman–Crippen MR) is 92.8 cm³/mol. The van der Waals surface area contributed by atoms with Crippen LogP contribution in [0.1, 0.15) is 23.8 Å². The summed E-state index contributed by atoms with van der Waals surface area (Å²) in [5.41, 5.74) is 0.235. The van der Waals surface area contributed by atoms with E-state index >= 15 is 0 Å². The summed E-state index contributed by atoms with van der Waals surface area (Å²) in [5, 5.41) is 3.13. The molecule has 1 aromatic rings. The van der Waals surface area contributed by atoms with Crippen LogP contribution < -0.4 is 5.32 Å². The molecule has 0 spiro atoms. The molecule has 2 heterocycles. The molecule has 134 valence electrons. The van der Waals surface area contributed by atoms with Gasteiger partial charge in [-0.25, -0.2) is 18.4 Å². The van der Waals surface area contributed by atoms with Crippen molar-refractivity contribution in [3.63, 3.8) is 0 Å². The van der Waals surface area contributed by atoms with Crippen LogP contribution in [0.5, 0.6) is 0 Å². The summed E-state index contributed by atoms with van der Waals surface area (Å²) >= 11 is 0. The van der Waals surface area contributed by atoms with Crippen molar-refractivity contribution in [1.29, 1.82) is 0 Å². The molecule has 1 N–H and O–H groups in total. The number of aromatic nitrogens is 2. The van der Waals surface area contributed by atoms with Crippen LogP contribution in [0.4, 0.5) is 5.82 Å². The second-order valence-corrected chi connectivity index (χ2v) is 8.39. The minimum absolute atomic E-state index is 0.0319. The van der Waals surface area contributed by atoms with Crippen molar-refractivity contribution in [2.75, 3.05) is 50.6 Å². The summed E-state index contributed by atoms with van der Waals surface area (Å²) in [6, 6.07) is -0.271. The Morgan fingerprint density at radius 1 is 1.33 bits per heavy atom. The molecule has 0 bridgehead atoms. The highest BCUT2D eigenvalue weighted by molar-refractivity contribution is 7.91. The van der Waals surface area contributed by atoms with E-state index in [-0.39, 0.29) is 29.1 Å². The highest BCUT2D eigenvalue weighted by atomic mass is 32.2. The van der Waals surface area contributed by atoms with Crippen LogP contribution in [0.2, 0.25) is 0 Å². The fourth-order valence-corrected chi connectivity index (χ4v) is 4.40. The topological polar surface area (TPSA) is 95.5 Å². The first kappa shape index (κ1) is 18.6. The van der Waals surface area contributed by atoms with Crippen molar-refractivity contribution < 1.29 is 13.2 Å². The van der Waals surface area contributed by atoms with E-state index in [2.05, 4.69) is 15.3 Å². The molecule has 1 saturated heterocycles. The van der Waals surface area contributed by atoms with Crippen molar-refractivity contribution in [3.8, 4) is 0 Å². The number of nitrogens with one attached hydrogen (secondary N) is 1. The van der Waals surface area contributed by atoms with Crippen LogP contribution in [0.3, 0.4) is 0 Å². The van der Waals surface area contributed by atoms with E-state index in [4.69, 9.17) is 0 Å². The van der Waals surface area contributed by atoms with Crippen molar-refractivity contribution in [1.82, 2.24) is 19.8 Å². The number of hydrogen-bond donors (Lipinski definition) is 1. The molecule has 0 aromatic carbocycles. The standard InChI is InChI=1S/C15H25N5O3S/c1-4-20(12-5-8-24(22,23)11-12)15(21)13-9-18-14(10-17-13)16-6-7-19(2)3/h9-10,12H,4-8,11H2,1-3H3,(H,16,18). The minimum atomic E-state index is -3.03. The number of nitrogens with zero attached hydrogens (tertiary/aromatic N) is 4. The zero-order valence-electron chi connectivity index (χ0n) is 14.4. The molecule has 0 aliphatic carbocycles. The van der Waals surface area contributed by atoms with Gasteiger partial charge < -0.3 is 15.1 Å². The van der Waals surface area contributed by atoms with Crippen LogP contribution >= 0.6 is 0 Å². The lowest BCUT2D eigenvalue weighted by Gasteiger charge is -2.26. The SMILES string of the molecule is CCN(C(=O)c1cnc(NCCN(C)C)cn1)C1CCS(=O)(=O)C1. The van der Waals surface area contributed by atoms with Gasteiger partial charge in [-0.15, -0.1) is 0 Å². The van der Waals surface area contributed by atoms with Crippen LogP contribution in [-0.4, -0.2) is 85.4 Å². The predicted octanol–water partition coefficient (Wildman–Crippen LogP) is 0.0993. The summed E-state index contributed by atoms with van der Waals surface area (Å²) in [7, 11) is 0.933. The molecule has 9 heteroatoms. The van der Waals surface area contributed by atoms with Crippen molar-refractivity contribution in [3.05, 3.63) is 18.1 Å². The third-order valence-electron chi connectivity index (χ3n) is 3.99. The molecule has 1 aromatic heterocycles. The quantitative estimate of drug-likeness (QED) is 0.741. The third kappa shape index (κ3) is 4.88. The average molecular weight is 355 g/mol. The van der Waals surface area contributed by atoms with Gasteiger partial charge in [0, 0.05) is 25.7 Å². The Bertz CT molecular complexity index is 660. The van der Waals surface area contributed by atoms with Gasteiger partial charge in [0.1, 0.15) is 11.5 Å². The van der Waals surface area contributed by atoms with Gasteiger partial charge in [-0.3, -0.25) is 4.79 Å². The van der Waals surface area contributed by atoms with Gasteiger partial charge in [0.15, 0.2) is 9.84 Å². The van der Waals surface area contributed by atoms with E-state index in [1.54, 1.807) is 4.90 Å². The molecule has 1 amide bonds. The van der Waals surface area contributed by atoms with Gasteiger partial charge in [-0.1, -0.05) is 0 Å². The summed E-state index contributed by atoms with van der Waals surface area (Å²) < 4.78 is 23.3.